The molecule has 0 aliphatic heterocycles. The number of carbonyl (C=O) groups is 1. The Labute approximate surface area is 141 Å². The number of carbonyl (C=O) groups excluding carboxylic acids is 1. The molecule has 0 atom stereocenters. The van der Waals surface area contributed by atoms with Crippen LogP contribution in [0.25, 0.3) is 0 Å². The molecular weight excluding hydrogens is 375 g/mol. The summed E-state index contributed by atoms with van der Waals surface area (Å²) in [6.07, 6.45) is 0.349. The summed E-state index contributed by atoms with van der Waals surface area (Å²) in [5, 5.41) is 6.97. The van der Waals surface area contributed by atoms with Gasteiger partial charge in [0.25, 0.3) is 0 Å². The molecule has 0 unspecified atom stereocenters. The van der Waals surface area contributed by atoms with Crippen molar-refractivity contribution in [3.63, 3.8) is 0 Å². The molecule has 110 valence electrons. The van der Waals surface area contributed by atoms with Gasteiger partial charge in [-0.2, -0.15) is 0 Å². The average molecular weight is 388 g/mol. The number of amides is 1. The van der Waals surface area contributed by atoms with Crippen molar-refractivity contribution < 1.29 is 4.79 Å². The lowest BCUT2D eigenvalue weighted by atomic mass is 10.3. The predicted molar refractivity (Wildman–Crippen MR) is 92.3 cm³/mol. The molecular formula is C15H13BrCl2N2O. The van der Waals surface area contributed by atoms with E-state index in [4.69, 9.17) is 23.2 Å². The Kier molecular flexibility index (Phi) is 5.91. The number of halogens is 3. The second-order valence-corrected chi connectivity index (χ2v) is 6.00. The van der Waals surface area contributed by atoms with E-state index in [-0.39, 0.29) is 5.91 Å². The summed E-state index contributed by atoms with van der Waals surface area (Å²) in [6.45, 7) is 0.508. The zero-order valence-corrected chi connectivity index (χ0v) is 14.1. The molecule has 6 heteroatoms. The van der Waals surface area contributed by atoms with Crippen molar-refractivity contribution in [2.45, 2.75) is 6.42 Å². The minimum Gasteiger partial charge on any atom is -0.384 e. The number of nitrogens with one attached hydrogen (secondary N) is 2. The summed E-state index contributed by atoms with van der Waals surface area (Å²) in [7, 11) is 0. The highest BCUT2D eigenvalue weighted by Crippen LogP contribution is 2.25. The quantitative estimate of drug-likeness (QED) is 0.740. The van der Waals surface area contributed by atoms with E-state index in [0.29, 0.717) is 23.0 Å². The fourth-order valence-electron chi connectivity index (χ4n) is 1.70. The molecule has 1 amide bonds. The standard InChI is InChI=1S/C15H13BrCl2N2O/c16-11-3-1-2-4-14(11)20-15(21)7-8-19-10-5-6-12(17)13(18)9-10/h1-6,9,19H,7-8H2,(H,20,21). The summed E-state index contributed by atoms with van der Waals surface area (Å²) in [5.41, 5.74) is 1.59. The van der Waals surface area contributed by atoms with Crippen LogP contribution in [0.5, 0.6) is 0 Å². The van der Waals surface area contributed by atoms with Crippen molar-refractivity contribution in [2.24, 2.45) is 0 Å². The van der Waals surface area contributed by atoms with Gasteiger partial charge in [0.05, 0.1) is 15.7 Å². The van der Waals surface area contributed by atoms with Gasteiger partial charge in [-0.3, -0.25) is 4.79 Å². The molecule has 0 bridgehead atoms. The summed E-state index contributed by atoms with van der Waals surface area (Å²) in [4.78, 5) is 11.9. The molecule has 0 spiro atoms. The second-order valence-electron chi connectivity index (χ2n) is 4.33. The van der Waals surface area contributed by atoms with Gasteiger partial charge in [-0.05, 0) is 46.3 Å². The van der Waals surface area contributed by atoms with Crippen LogP contribution in [0.2, 0.25) is 10.0 Å². The molecule has 0 aromatic heterocycles. The monoisotopic (exact) mass is 386 g/mol. The van der Waals surface area contributed by atoms with E-state index in [1.54, 1.807) is 12.1 Å². The predicted octanol–water partition coefficient (Wildman–Crippen LogP) is 5.20. The van der Waals surface area contributed by atoms with Gasteiger partial charge >= 0.3 is 0 Å². The summed E-state index contributed by atoms with van der Waals surface area (Å²) >= 11 is 15.2. The summed E-state index contributed by atoms with van der Waals surface area (Å²) in [5.74, 6) is -0.0607. The van der Waals surface area contributed by atoms with Crippen LogP contribution in [0, 0.1) is 0 Å². The van der Waals surface area contributed by atoms with Gasteiger partial charge in [0.2, 0.25) is 5.91 Å². The first-order valence-corrected chi connectivity index (χ1v) is 7.84. The van der Waals surface area contributed by atoms with Gasteiger partial charge in [-0.1, -0.05) is 35.3 Å². The van der Waals surface area contributed by atoms with Crippen molar-refractivity contribution in [3.8, 4) is 0 Å². The Morgan fingerprint density at radius 1 is 1.10 bits per heavy atom. The minimum atomic E-state index is -0.0607. The molecule has 0 saturated heterocycles. The third-order valence-electron chi connectivity index (χ3n) is 2.75. The van der Waals surface area contributed by atoms with Crippen LogP contribution in [-0.2, 0) is 4.79 Å². The molecule has 2 aromatic carbocycles. The lowest BCUT2D eigenvalue weighted by Gasteiger charge is -2.09. The Bertz CT molecular complexity index is 649. The van der Waals surface area contributed by atoms with Gasteiger partial charge < -0.3 is 10.6 Å². The molecule has 0 radical (unpaired) electrons. The molecule has 2 rings (SSSR count). The summed E-state index contributed by atoms with van der Waals surface area (Å²) in [6, 6.07) is 12.8. The number of anilines is 2. The number of benzene rings is 2. The first kappa shape index (κ1) is 16.1. The Hall–Kier alpha value is -1.23. The van der Waals surface area contributed by atoms with Crippen LogP contribution in [0.15, 0.2) is 46.9 Å². The SMILES string of the molecule is O=C(CCNc1ccc(Cl)c(Cl)c1)Nc1ccccc1Br. The lowest BCUT2D eigenvalue weighted by Crippen LogP contribution is -2.16. The maximum Gasteiger partial charge on any atom is 0.226 e. The topological polar surface area (TPSA) is 41.1 Å². The van der Waals surface area contributed by atoms with E-state index in [1.165, 1.54) is 0 Å². The van der Waals surface area contributed by atoms with E-state index in [9.17, 15) is 4.79 Å². The third-order valence-corrected chi connectivity index (χ3v) is 4.18. The average Bonchev–Trinajstić information content (AvgIpc) is 2.45. The van der Waals surface area contributed by atoms with Gasteiger partial charge in [-0.15, -0.1) is 0 Å². The van der Waals surface area contributed by atoms with Crippen LogP contribution in [0.3, 0.4) is 0 Å². The van der Waals surface area contributed by atoms with Gasteiger partial charge in [-0.25, -0.2) is 0 Å². The van der Waals surface area contributed by atoms with E-state index in [1.807, 2.05) is 30.3 Å². The van der Waals surface area contributed by atoms with Crippen molar-refractivity contribution in [2.75, 3.05) is 17.2 Å². The minimum absolute atomic E-state index is 0.0607. The number of para-hydroxylation sites is 1. The Morgan fingerprint density at radius 2 is 1.86 bits per heavy atom. The molecule has 0 saturated carbocycles. The fourth-order valence-corrected chi connectivity index (χ4v) is 2.38. The van der Waals surface area contributed by atoms with E-state index >= 15 is 0 Å². The summed E-state index contributed by atoms with van der Waals surface area (Å²) < 4.78 is 0.857. The smallest absolute Gasteiger partial charge is 0.226 e. The molecule has 21 heavy (non-hydrogen) atoms. The highest BCUT2D eigenvalue weighted by molar-refractivity contribution is 9.10. The fraction of sp³-hybridized carbons (Fsp3) is 0.133. The Morgan fingerprint density at radius 3 is 2.57 bits per heavy atom. The van der Waals surface area contributed by atoms with E-state index in [0.717, 1.165) is 15.8 Å². The second kappa shape index (κ2) is 7.69. The van der Waals surface area contributed by atoms with Crippen molar-refractivity contribution >= 4 is 56.4 Å². The lowest BCUT2D eigenvalue weighted by molar-refractivity contribution is -0.115. The first-order valence-electron chi connectivity index (χ1n) is 6.29. The van der Waals surface area contributed by atoms with Crippen LogP contribution >= 0.6 is 39.1 Å². The zero-order valence-electron chi connectivity index (χ0n) is 11.0. The van der Waals surface area contributed by atoms with Crippen molar-refractivity contribution in [1.29, 1.82) is 0 Å². The van der Waals surface area contributed by atoms with E-state index < -0.39 is 0 Å². The number of hydrogen-bond acceptors (Lipinski definition) is 2. The van der Waals surface area contributed by atoms with Crippen LogP contribution in [-0.4, -0.2) is 12.5 Å². The maximum absolute atomic E-state index is 11.9. The molecule has 2 aromatic rings. The molecule has 0 fully saturated rings. The van der Waals surface area contributed by atoms with Crippen LogP contribution in [0.1, 0.15) is 6.42 Å². The molecule has 0 aliphatic carbocycles. The van der Waals surface area contributed by atoms with Crippen molar-refractivity contribution in [3.05, 3.63) is 57.0 Å². The van der Waals surface area contributed by atoms with Crippen LogP contribution < -0.4 is 10.6 Å². The zero-order chi connectivity index (χ0) is 15.2. The molecule has 0 aliphatic rings. The number of hydrogen-bond donors (Lipinski definition) is 2. The van der Waals surface area contributed by atoms with E-state index in [2.05, 4.69) is 26.6 Å². The third kappa shape index (κ3) is 4.92. The highest BCUT2D eigenvalue weighted by Gasteiger charge is 2.05. The molecule has 2 N–H and O–H groups in total. The normalized spacial score (nSPS) is 10.2. The van der Waals surface area contributed by atoms with Gasteiger partial charge in [0, 0.05) is 23.1 Å². The van der Waals surface area contributed by atoms with Gasteiger partial charge in [0.15, 0.2) is 0 Å². The molecule has 0 heterocycles. The van der Waals surface area contributed by atoms with Gasteiger partial charge in [0.1, 0.15) is 0 Å². The molecule has 3 nitrogen and oxygen atoms in total. The van der Waals surface area contributed by atoms with Crippen molar-refractivity contribution in [1.82, 2.24) is 0 Å². The highest BCUT2D eigenvalue weighted by atomic mass is 79.9. The largest absolute Gasteiger partial charge is 0.384 e. The van der Waals surface area contributed by atoms with Crippen LogP contribution in [0.4, 0.5) is 11.4 Å². The first-order chi connectivity index (χ1) is 10.1. The number of rotatable bonds is 5. The maximum atomic E-state index is 11.9. The Balaban J connectivity index is 1.82.